The Bertz CT molecular complexity index is 484. The van der Waals surface area contributed by atoms with E-state index in [0.717, 1.165) is 5.56 Å². The Kier molecular flexibility index (Phi) is 4.35. The van der Waals surface area contributed by atoms with Gasteiger partial charge in [-0.15, -0.1) is 11.3 Å². The minimum atomic E-state index is -3.44. The molecule has 1 heterocycles. The van der Waals surface area contributed by atoms with Gasteiger partial charge in [-0.1, -0.05) is 20.8 Å². The molecule has 98 valence electrons. The number of nitrogens with one attached hydrogen (secondary N) is 1. The van der Waals surface area contributed by atoms with E-state index in [2.05, 4.69) is 4.72 Å². The summed E-state index contributed by atoms with van der Waals surface area (Å²) in [5, 5.41) is 1.83. The first-order valence-corrected chi connectivity index (χ1v) is 7.80. The molecule has 17 heavy (non-hydrogen) atoms. The SMILES string of the molecule is Cc1csc(CN)c1S(=O)(=O)NCC(C)(C)C. The molecule has 0 fully saturated rings. The van der Waals surface area contributed by atoms with E-state index >= 15 is 0 Å². The minimum absolute atomic E-state index is 0.0835. The molecule has 3 N–H and O–H groups in total. The molecular formula is C11H20N2O2S2. The Morgan fingerprint density at radius 1 is 1.41 bits per heavy atom. The summed E-state index contributed by atoms with van der Waals surface area (Å²) < 4.78 is 27.0. The van der Waals surface area contributed by atoms with Gasteiger partial charge in [0.25, 0.3) is 0 Å². The standard InChI is InChI=1S/C11H20N2O2S2/c1-8-6-16-9(5-12)10(8)17(14,15)13-7-11(2,3)4/h6,13H,5,7,12H2,1-4H3. The molecule has 0 saturated carbocycles. The molecule has 0 bridgehead atoms. The number of thiophene rings is 1. The van der Waals surface area contributed by atoms with Crippen molar-refractivity contribution in [1.29, 1.82) is 0 Å². The summed E-state index contributed by atoms with van der Waals surface area (Å²) in [4.78, 5) is 1.07. The monoisotopic (exact) mass is 276 g/mol. The van der Waals surface area contributed by atoms with Crippen LogP contribution in [-0.4, -0.2) is 15.0 Å². The van der Waals surface area contributed by atoms with Crippen LogP contribution in [0.5, 0.6) is 0 Å². The van der Waals surface area contributed by atoms with E-state index in [1.165, 1.54) is 11.3 Å². The molecule has 0 radical (unpaired) electrons. The molecule has 0 unspecified atom stereocenters. The minimum Gasteiger partial charge on any atom is -0.326 e. The lowest BCUT2D eigenvalue weighted by Crippen LogP contribution is -2.33. The van der Waals surface area contributed by atoms with Crippen molar-refractivity contribution >= 4 is 21.4 Å². The van der Waals surface area contributed by atoms with E-state index in [4.69, 9.17) is 5.73 Å². The summed E-state index contributed by atoms with van der Waals surface area (Å²) >= 11 is 1.39. The summed E-state index contributed by atoms with van der Waals surface area (Å²) in [6.07, 6.45) is 0. The topological polar surface area (TPSA) is 72.2 Å². The third kappa shape index (κ3) is 3.77. The van der Waals surface area contributed by atoms with Crippen LogP contribution < -0.4 is 10.5 Å². The molecule has 0 spiro atoms. The van der Waals surface area contributed by atoms with Gasteiger partial charge >= 0.3 is 0 Å². The molecule has 1 aromatic heterocycles. The Morgan fingerprint density at radius 2 is 2.00 bits per heavy atom. The number of nitrogens with two attached hydrogens (primary N) is 1. The number of sulfonamides is 1. The first-order valence-electron chi connectivity index (χ1n) is 5.44. The summed E-state index contributed by atoms with van der Waals surface area (Å²) in [6, 6.07) is 0. The summed E-state index contributed by atoms with van der Waals surface area (Å²) in [5.41, 5.74) is 6.24. The van der Waals surface area contributed by atoms with Crippen molar-refractivity contribution in [3.8, 4) is 0 Å². The van der Waals surface area contributed by atoms with Crippen molar-refractivity contribution in [2.45, 2.75) is 39.1 Å². The third-order valence-electron chi connectivity index (χ3n) is 2.24. The van der Waals surface area contributed by atoms with Gasteiger partial charge in [0.1, 0.15) is 4.90 Å². The third-order valence-corrected chi connectivity index (χ3v) is 5.12. The summed E-state index contributed by atoms with van der Waals surface area (Å²) in [7, 11) is -3.44. The highest BCUT2D eigenvalue weighted by Gasteiger charge is 2.24. The van der Waals surface area contributed by atoms with Crippen LogP contribution in [0.1, 0.15) is 31.2 Å². The van der Waals surface area contributed by atoms with Crippen LogP contribution in [0, 0.1) is 12.3 Å². The zero-order valence-electron chi connectivity index (χ0n) is 10.7. The summed E-state index contributed by atoms with van der Waals surface area (Å²) in [6.45, 7) is 8.42. The second kappa shape index (κ2) is 5.06. The van der Waals surface area contributed by atoms with Crippen LogP contribution in [0.15, 0.2) is 10.3 Å². The van der Waals surface area contributed by atoms with Gasteiger partial charge in [-0.2, -0.15) is 0 Å². The highest BCUT2D eigenvalue weighted by molar-refractivity contribution is 7.89. The molecule has 6 heteroatoms. The van der Waals surface area contributed by atoms with E-state index in [9.17, 15) is 8.42 Å². The Hall–Kier alpha value is -0.430. The number of aryl methyl sites for hydroxylation is 1. The summed E-state index contributed by atoms with van der Waals surface area (Å²) in [5.74, 6) is 0. The number of hydrogen-bond acceptors (Lipinski definition) is 4. The fraction of sp³-hybridized carbons (Fsp3) is 0.636. The number of rotatable bonds is 4. The normalized spacial score (nSPS) is 13.0. The quantitative estimate of drug-likeness (QED) is 0.881. The average molecular weight is 276 g/mol. The molecule has 1 rings (SSSR count). The molecule has 0 atom stereocenters. The van der Waals surface area contributed by atoms with Gasteiger partial charge in [0.05, 0.1) is 0 Å². The van der Waals surface area contributed by atoms with Crippen LogP contribution in [0.2, 0.25) is 0 Å². The lowest BCUT2D eigenvalue weighted by Gasteiger charge is -2.19. The zero-order chi connectivity index (χ0) is 13.3. The predicted octanol–water partition coefficient (Wildman–Crippen LogP) is 1.84. The highest BCUT2D eigenvalue weighted by Crippen LogP contribution is 2.26. The van der Waals surface area contributed by atoms with Gasteiger partial charge in [-0.25, -0.2) is 13.1 Å². The predicted molar refractivity (Wildman–Crippen MR) is 71.6 cm³/mol. The van der Waals surface area contributed by atoms with Gasteiger partial charge < -0.3 is 5.73 Å². The van der Waals surface area contributed by atoms with Crippen molar-refractivity contribution in [1.82, 2.24) is 4.72 Å². The van der Waals surface area contributed by atoms with Crippen LogP contribution in [0.4, 0.5) is 0 Å². The first-order chi connectivity index (χ1) is 7.67. The fourth-order valence-electron chi connectivity index (χ4n) is 1.37. The highest BCUT2D eigenvalue weighted by atomic mass is 32.2. The van der Waals surface area contributed by atoms with Gasteiger partial charge in [0.2, 0.25) is 10.0 Å². The Labute approximate surface area is 107 Å². The molecule has 0 aromatic carbocycles. The zero-order valence-corrected chi connectivity index (χ0v) is 12.3. The molecule has 0 saturated heterocycles. The second-order valence-electron chi connectivity index (χ2n) is 5.26. The molecule has 0 amide bonds. The van der Waals surface area contributed by atoms with Crippen LogP contribution in [0.25, 0.3) is 0 Å². The van der Waals surface area contributed by atoms with E-state index in [0.29, 0.717) is 16.3 Å². The smallest absolute Gasteiger partial charge is 0.242 e. The maximum absolute atomic E-state index is 12.2. The molecule has 1 aromatic rings. The van der Waals surface area contributed by atoms with Crippen molar-refractivity contribution < 1.29 is 8.42 Å². The van der Waals surface area contributed by atoms with Crippen LogP contribution >= 0.6 is 11.3 Å². The lowest BCUT2D eigenvalue weighted by atomic mass is 9.98. The van der Waals surface area contributed by atoms with Gasteiger partial charge in [0, 0.05) is 18.0 Å². The lowest BCUT2D eigenvalue weighted by molar-refractivity contribution is 0.407. The van der Waals surface area contributed by atoms with E-state index < -0.39 is 10.0 Å². The largest absolute Gasteiger partial charge is 0.326 e. The van der Waals surface area contributed by atoms with E-state index in [1.54, 1.807) is 6.92 Å². The Balaban J connectivity index is 3.01. The van der Waals surface area contributed by atoms with Crippen LogP contribution in [0.3, 0.4) is 0 Å². The van der Waals surface area contributed by atoms with Gasteiger partial charge in [0.15, 0.2) is 0 Å². The van der Waals surface area contributed by atoms with Gasteiger partial charge in [-0.05, 0) is 23.3 Å². The average Bonchev–Trinajstić information content (AvgIpc) is 2.56. The van der Waals surface area contributed by atoms with Crippen molar-refractivity contribution in [3.05, 3.63) is 15.8 Å². The molecule has 0 aliphatic heterocycles. The molecule has 4 nitrogen and oxygen atoms in total. The van der Waals surface area contributed by atoms with Crippen LogP contribution in [-0.2, 0) is 16.6 Å². The molecular weight excluding hydrogens is 256 g/mol. The second-order valence-corrected chi connectivity index (χ2v) is 7.93. The Morgan fingerprint density at radius 3 is 2.47 bits per heavy atom. The van der Waals surface area contributed by atoms with Crippen molar-refractivity contribution in [2.24, 2.45) is 11.1 Å². The van der Waals surface area contributed by atoms with Crippen molar-refractivity contribution in [3.63, 3.8) is 0 Å². The fourth-order valence-corrected chi connectivity index (χ4v) is 4.36. The van der Waals surface area contributed by atoms with E-state index in [-0.39, 0.29) is 12.0 Å². The van der Waals surface area contributed by atoms with Crippen molar-refractivity contribution in [2.75, 3.05) is 6.54 Å². The van der Waals surface area contributed by atoms with E-state index in [1.807, 2.05) is 26.2 Å². The maximum atomic E-state index is 12.2. The number of hydrogen-bond donors (Lipinski definition) is 2. The molecule has 0 aliphatic rings. The van der Waals surface area contributed by atoms with Gasteiger partial charge in [-0.3, -0.25) is 0 Å². The first kappa shape index (κ1) is 14.6. The maximum Gasteiger partial charge on any atom is 0.242 e. The molecule has 0 aliphatic carbocycles.